The third-order valence-corrected chi connectivity index (χ3v) is 4.13. The Hall–Kier alpha value is -3.24. The molecule has 2 rings (SSSR count). The maximum Gasteiger partial charge on any atom is 0.339 e. The summed E-state index contributed by atoms with van der Waals surface area (Å²) in [6.45, 7) is 3.86. The summed E-state index contributed by atoms with van der Waals surface area (Å²) >= 11 is 6.21. The fourth-order valence-corrected chi connectivity index (χ4v) is 2.60. The van der Waals surface area contributed by atoms with Crippen molar-refractivity contribution in [1.29, 1.82) is 5.26 Å². The average Bonchev–Trinajstić information content (AvgIpc) is 2.72. The zero-order valence-corrected chi connectivity index (χ0v) is 17.1. The van der Waals surface area contributed by atoms with Gasteiger partial charge in [0.15, 0.2) is 17.6 Å². The number of anilines is 1. The molecule has 0 spiro atoms. The van der Waals surface area contributed by atoms with Gasteiger partial charge in [-0.15, -0.1) is 0 Å². The number of benzene rings is 2. The smallest absolute Gasteiger partial charge is 0.339 e. The summed E-state index contributed by atoms with van der Waals surface area (Å²) in [4.78, 5) is 24.7. The van der Waals surface area contributed by atoms with Crippen LogP contribution in [0.15, 0.2) is 36.4 Å². The molecule has 1 amide bonds. The molecule has 8 heteroatoms. The van der Waals surface area contributed by atoms with Crippen molar-refractivity contribution in [3.8, 4) is 17.6 Å². The third-order valence-electron chi connectivity index (χ3n) is 3.85. The molecular formula is C21H21ClN2O5. The summed E-state index contributed by atoms with van der Waals surface area (Å²) in [5.74, 6) is -0.592. The summed E-state index contributed by atoms with van der Waals surface area (Å²) in [5, 5.41) is 11.6. The van der Waals surface area contributed by atoms with Gasteiger partial charge in [-0.25, -0.2) is 4.79 Å². The summed E-state index contributed by atoms with van der Waals surface area (Å²) in [6.07, 6.45) is -0.270. The largest absolute Gasteiger partial charge is 0.493 e. The van der Waals surface area contributed by atoms with Gasteiger partial charge in [0.1, 0.15) is 0 Å². The lowest BCUT2D eigenvalue weighted by molar-refractivity contribution is -0.123. The topological polar surface area (TPSA) is 97.6 Å². The number of carbonyl (C=O) groups excluding carboxylic acids is 2. The van der Waals surface area contributed by atoms with Gasteiger partial charge in [0.2, 0.25) is 0 Å². The number of hydrogen-bond acceptors (Lipinski definition) is 6. The predicted octanol–water partition coefficient (Wildman–Crippen LogP) is 4.19. The van der Waals surface area contributed by atoms with E-state index in [4.69, 9.17) is 31.1 Å². The van der Waals surface area contributed by atoms with E-state index in [9.17, 15) is 9.59 Å². The first-order chi connectivity index (χ1) is 13.9. The predicted molar refractivity (Wildman–Crippen MR) is 108 cm³/mol. The van der Waals surface area contributed by atoms with Crippen LogP contribution in [0.1, 0.15) is 36.2 Å². The molecule has 0 aromatic heterocycles. The standard InChI is InChI=1S/C21H21ClN2O5/c1-4-9-28-19-17(22)10-15(11-18(19)27-3)21(26)29-13(2)20(25)24-16-7-5-14(12-23)6-8-16/h5-8,10-11,13H,4,9H2,1-3H3,(H,24,25)/t13-/m0/s1. The number of ether oxygens (including phenoxy) is 3. The number of rotatable bonds is 8. The number of nitrogens with one attached hydrogen (secondary N) is 1. The molecule has 0 radical (unpaired) electrons. The van der Waals surface area contributed by atoms with Gasteiger partial charge < -0.3 is 19.5 Å². The van der Waals surface area contributed by atoms with Crippen LogP contribution in [0.4, 0.5) is 5.69 Å². The Balaban J connectivity index is 2.07. The van der Waals surface area contributed by atoms with E-state index in [0.29, 0.717) is 29.4 Å². The SMILES string of the molecule is CCCOc1c(Cl)cc(C(=O)O[C@@H](C)C(=O)Nc2ccc(C#N)cc2)cc1OC. The minimum atomic E-state index is -1.06. The van der Waals surface area contributed by atoms with Crippen LogP contribution < -0.4 is 14.8 Å². The van der Waals surface area contributed by atoms with E-state index in [1.54, 1.807) is 24.3 Å². The maximum absolute atomic E-state index is 12.4. The minimum absolute atomic E-state index is 0.133. The van der Waals surface area contributed by atoms with Crippen LogP contribution in [0.25, 0.3) is 0 Å². The lowest BCUT2D eigenvalue weighted by atomic mass is 10.2. The fraction of sp³-hybridized carbons (Fsp3) is 0.286. The number of halogens is 1. The lowest BCUT2D eigenvalue weighted by Gasteiger charge is -2.16. The van der Waals surface area contributed by atoms with Crippen molar-refractivity contribution < 1.29 is 23.8 Å². The molecule has 0 fully saturated rings. The first-order valence-electron chi connectivity index (χ1n) is 8.92. The van der Waals surface area contributed by atoms with Gasteiger partial charge in [0, 0.05) is 5.69 Å². The van der Waals surface area contributed by atoms with Gasteiger partial charge in [-0.05, 0) is 49.7 Å². The molecular weight excluding hydrogens is 396 g/mol. The second-order valence-electron chi connectivity index (χ2n) is 6.06. The minimum Gasteiger partial charge on any atom is -0.493 e. The molecule has 1 atom stereocenters. The van der Waals surface area contributed by atoms with E-state index in [-0.39, 0.29) is 10.6 Å². The molecule has 0 bridgehead atoms. The molecule has 2 aromatic carbocycles. The molecule has 1 N–H and O–H groups in total. The zero-order chi connectivity index (χ0) is 21.4. The van der Waals surface area contributed by atoms with Crippen molar-refractivity contribution >= 4 is 29.2 Å². The first kappa shape index (κ1) is 22.1. The molecule has 29 heavy (non-hydrogen) atoms. The average molecular weight is 417 g/mol. The maximum atomic E-state index is 12.4. The third kappa shape index (κ3) is 5.87. The van der Waals surface area contributed by atoms with E-state index < -0.39 is 18.0 Å². The normalized spacial score (nSPS) is 11.1. The summed E-state index contributed by atoms with van der Waals surface area (Å²) in [5.41, 5.74) is 1.09. The molecule has 0 aliphatic carbocycles. The van der Waals surface area contributed by atoms with Gasteiger partial charge in [-0.2, -0.15) is 5.26 Å². The van der Waals surface area contributed by atoms with E-state index in [2.05, 4.69) is 5.32 Å². The fourth-order valence-electron chi connectivity index (χ4n) is 2.34. The Labute approximate surface area is 174 Å². The number of methoxy groups -OCH3 is 1. The van der Waals surface area contributed by atoms with Crippen molar-refractivity contribution in [1.82, 2.24) is 0 Å². The number of esters is 1. The molecule has 0 heterocycles. The van der Waals surface area contributed by atoms with Gasteiger partial charge in [0.25, 0.3) is 5.91 Å². The van der Waals surface area contributed by atoms with Crippen molar-refractivity contribution in [3.05, 3.63) is 52.5 Å². The molecule has 0 saturated heterocycles. The quantitative estimate of drug-likeness (QED) is 0.648. The van der Waals surface area contributed by atoms with E-state index in [1.165, 1.54) is 26.2 Å². The zero-order valence-electron chi connectivity index (χ0n) is 16.3. The molecule has 152 valence electrons. The summed E-state index contributed by atoms with van der Waals surface area (Å²) < 4.78 is 16.0. The van der Waals surface area contributed by atoms with E-state index in [1.807, 2.05) is 13.0 Å². The van der Waals surface area contributed by atoms with Crippen LogP contribution in [0.3, 0.4) is 0 Å². The molecule has 0 aliphatic heterocycles. The molecule has 2 aromatic rings. The van der Waals surface area contributed by atoms with Crippen LogP contribution in [-0.2, 0) is 9.53 Å². The number of hydrogen-bond donors (Lipinski definition) is 1. The van der Waals surface area contributed by atoms with E-state index >= 15 is 0 Å². The number of nitriles is 1. The van der Waals surface area contributed by atoms with Crippen LogP contribution in [0.2, 0.25) is 5.02 Å². The Kier molecular flexibility index (Phi) is 7.87. The first-order valence-corrected chi connectivity index (χ1v) is 9.29. The number of amides is 1. The van der Waals surface area contributed by atoms with Crippen molar-refractivity contribution in [2.24, 2.45) is 0 Å². The van der Waals surface area contributed by atoms with Crippen LogP contribution >= 0.6 is 11.6 Å². The Morgan fingerprint density at radius 3 is 2.52 bits per heavy atom. The summed E-state index contributed by atoms with van der Waals surface area (Å²) in [7, 11) is 1.44. The van der Waals surface area contributed by atoms with Gasteiger partial charge >= 0.3 is 5.97 Å². The second kappa shape index (κ2) is 10.3. The molecule has 0 aliphatic rings. The van der Waals surface area contributed by atoms with Crippen LogP contribution in [-0.4, -0.2) is 31.7 Å². The Morgan fingerprint density at radius 2 is 1.93 bits per heavy atom. The molecule has 0 unspecified atom stereocenters. The number of carbonyl (C=O) groups is 2. The Morgan fingerprint density at radius 1 is 1.24 bits per heavy atom. The highest BCUT2D eigenvalue weighted by molar-refractivity contribution is 6.32. The molecule has 0 saturated carbocycles. The van der Waals surface area contributed by atoms with Gasteiger partial charge in [-0.1, -0.05) is 18.5 Å². The lowest BCUT2D eigenvalue weighted by Crippen LogP contribution is -2.30. The highest BCUT2D eigenvalue weighted by atomic mass is 35.5. The number of nitrogens with zero attached hydrogens (tertiary/aromatic N) is 1. The monoisotopic (exact) mass is 416 g/mol. The van der Waals surface area contributed by atoms with E-state index in [0.717, 1.165) is 6.42 Å². The van der Waals surface area contributed by atoms with Gasteiger partial charge in [0.05, 0.1) is 35.9 Å². The van der Waals surface area contributed by atoms with Crippen molar-refractivity contribution in [2.45, 2.75) is 26.4 Å². The highest BCUT2D eigenvalue weighted by Gasteiger charge is 2.22. The highest BCUT2D eigenvalue weighted by Crippen LogP contribution is 2.36. The Bertz CT molecular complexity index is 922. The summed E-state index contributed by atoms with van der Waals surface area (Å²) in [6, 6.07) is 11.2. The van der Waals surface area contributed by atoms with Crippen LogP contribution in [0.5, 0.6) is 11.5 Å². The van der Waals surface area contributed by atoms with Gasteiger partial charge in [-0.3, -0.25) is 4.79 Å². The van der Waals surface area contributed by atoms with Crippen molar-refractivity contribution in [3.63, 3.8) is 0 Å². The second-order valence-corrected chi connectivity index (χ2v) is 6.47. The molecule has 7 nitrogen and oxygen atoms in total. The van der Waals surface area contributed by atoms with Crippen LogP contribution in [0, 0.1) is 11.3 Å². The van der Waals surface area contributed by atoms with Crippen molar-refractivity contribution in [2.75, 3.05) is 19.0 Å².